The van der Waals surface area contributed by atoms with Crippen molar-refractivity contribution in [3.05, 3.63) is 35.0 Å². The second kappa shape index (κ2) is 9.61. The van der Waals surface area contributed by atoms with Gasteiger partial charge in [0, 0.05) is 23.5 Å². The van der Waals surface area contributed by atoms with Gasteiger partial charge in [-0.3, -0.25) is 0 Å². The molecule has 2 fully saturated rings. The average Bonchev–Trinajstić information content (AvgIpc) is 3.40. The van der Waals surface area contributed by atoms with Crippen molar-refractivity contribution < 1.29 is 18.8 Å². The van der Waals surface area contributed by atoms with Crippen LogP contribution in [-0.4, -0.2) is 48.4 Å². The summed E-state index contributed by atoms with van der Waals surface area (Å²) in [6, 6.07) is 6.06. The highest BCUT2D eigenvalue weighted by molar-refractivity contribution is 6.64. The summed E-state index contributed by atoms with van der Waals surface area (Å²) in [5, 5.41) is 16.0. The molecular weight excluding hydrogens is 433 g/mol. The second-order valence-electron chi connectivity index (χ2n) is 9.53. The van der Waals surface area contributed by atoms with Crippen molar-refractivity contribution in [3.8, 4) is 6.07 Å². The molecule has 2 N–H and O–H groups in total. The van der Waals surface area contributed by atoms with E-state index >= 15 is 0 Å². The number of hydrogen-bond acceptors (Lipinski definition) is 9. The number of ether oxygens (including phenoxy) is 1. The highest BCUT2D eigenvalue weighted by atomic mass is 16.7. The van der Waals surface area contributed by atoms with E-state index in [2.05, 4.69) is 26.7 Å². The van der Waals surface area contributed by atoms with Gasteiger partial charge in [0.05, 0.1) is 36.9 Å². The van der Waals surface area contributed by atoms with E-state index in [4.69, 9.17) is 14.0 Å². The highest BCUT2D eigenvalue weighted by Gasteiger charge is 2.41. The van der Waals surface area contributed by atoms with Gasteiger partial charge < -0.3 is 24.7 Å². The number of methoxy groups -OCH3 is 1. The van der Waals surface area contributed by atoms with E-state index in [-0.39, 0.29) is 12.0 Å². The van der Waals surface area contributed by atoms with Gasteiger partial charge in [-0.05, 0) is 70.1 Å². The van der Waals surface area contributed by atoms with Gasteiger partial charge in [-0.1, -0.05) is 0 Å². The van der Waals surface area contributed by atoms with Crippen LogP contribution in [0.3, 0.4) is 0 Å². The van der Waals surface area contributed by atoms with Crippen molar-refractivity contribution in [2.75, 3.05) is 24.4 Å². The quantitative estimate of drug-likeness (QED) is 0.492. The van der Waals surface area contributed by atoms with E-state index in [1.807, 2.05) is 33.8 Å². The van der Waals surface area contributed by atoms with Crippen LogP contribution in [0.15, 0.2) is 18.3 Å². The van der Waals surface area contributed by atoms with Crippen LogP contribution in [0.25, 0.3) is 0 Å². The molecule has 10 heteroatoms. The number of aromatic nitrogens is 2. The lowest BCUT2D eigenvalue weighted by Gasteiger charge is -2.19. The highest BCUT2D eigenvalue weighted by Crippen LogP contribution is 2.29. The molecule has 9 nitrogen and oxygen atoms in total. The third-order valence-corrected chi connectivity index (χ3v) is 6.27. The number of carbonyl (C=O) groups is 1. The molecule has 2 atom stereocenters. The molecule has 2 aliphatic rings. The summed E-state index contributed by atoms with van der Waals surface area (Å²) < 4.78 is 16.9. The van der Waals surface area contributed by atoms with Crippen molar-refractivity contribution in [3.63, 3.8) is 0 Å². The lowest BCUT2D eigenvalue weighted by atomic mass is 9.73. The maximum Gasteiger partial charge on any atom is 0.495 e. The smallest absolute Gasteiger partial charge is 0.465 e. The maximum atomic E-state index is 12.6. The summed E-state index contributed by atoms with van der Waals surface area (Å²) in [6.07, 6.45) is 4.60. The summed E-state index contributed by atoms with van der Waals surface area (Å²) in [7, 11) is 0.699. The Morgan fingerprint density at radius 3 is 2.76 bits per heavy atom. The largest absolute Gasteiger partial charge is 0.495 e. The lowest BCUT2D eigenvalue weighted by molar-refractivity contribution is 0.0601. The molecule has 1 aliphatic carbocycles. The Morgan fingerprint density at radius 1 is 1.29 bits per heavy atom. The summed E-state index contributed by atoms with van der Waals surface area (Å²) in [6.45, 7) is 8.15. The minimum absolute atomic E-state index is 0.0198. The first kappa shape index (κ1) is 24.0. The summed E-state index contributed by atoms with van der Waals surface area (Å²) in [4.78, 5) is 21.7. The number of rotatable bonds is 6. The third-order valence-electron chi connectivity index (χ3n) is 6.27. The van der Waals surface area contributed by atoms with Crippen LogP contribution in [0.1, 0.15) is 54.6 Å². The molecular formula is C24H30BN5O4. The molecule has 1 saturated heterocycles. The predicted octanol–water partition coefficient (Wildman–Crippen LogP) is 3.25. The Balaban J connectivity index is 1.61. The SMILES string of the molecule is COC(=O)c1cc(Nc2ncc(C)c(N[C@@H]3CCC[C@H]3C#N)n2)cc(C)c1B1OCC(C)(C)O1. The first-order valence-corrected chi connectivity index (χ1v) is 11.5. The molecule has 0 bridgehead atoms. The molecule has 2 aromatic rings. The number of nitrogens with one attached hydrogen (secondary N) is 2. The van der Waals surface area contributed by atoms with E-state index in [1.165, 1.54) is 7.11 Å². The summed E-state index contributed by atoms with van der Waals surface area (Å²) >= 11 is 0. The zero-order valence-electron chi connectivity index (χ0n) is 20.3. The number of aryl methyl sites for hydroxylation is 2. The third kappa shape index (κ3) is 5.01. The van der Waals surface area contributed by atoms with E-state index in [0.717, 1.165) is 30.4 Å². The molecule has 4 rings (SSSR count). The van der Waals surface area contributed by atoms with Crippen molar-refractivity contribution in [1.29, 1.82) is 5.26 Å². The minimum Gasteiger partial charge on any atom is -0.465 e. The summed E-state index contributed by atoms with van der Waals surface area (Å²) in [5.74, 6) is 0.585. The van der Waals surface area contributed by atoms with Gasteiger partial charge >= 0.3 is 13.1 Å². The number of benzene rings is 1. The van der Waals surface area contributed by atoms with E-state index in [0.29, 0.717) is 35.1 Å². The second-order valence-corrected chi connectivity index (χ2v) is 9.53. The van der Waals surface area contributed by atoms with Gasteiger partial charge in [-0.15, -0.1) is 0 Å². The predicted molar refractivity (Wildman–Crippen MR) is 129 cm³/mol. The Hall–Kier alpha value is -3.16. The van der Waals surface area contributed by atoms with E-state index in [9.17, 15) is 10.1 Å². The van der Waals surface area contributed by atoms with Gasteiger partial charge in [0.2, 0.25) is 5.95 Å². The molecule has 0 spiro atoms. The van der Waals surface area contributed by atoms with E-state index in [1.54, 1.807) is 12.3 Å². The lowest BCUT2D eigenvalue weighted by Crippen LogP contribution is -2.40. The Bertz CT molecular complexity index is 1130. The average molecular weight is 463 g/mol. The number of nitrogens with zero attached hydrogens (tertiary/aromatic N) is 3. The Kier molecular flexibility index (Phi) is 6.78. The molecule has 34 heavy (non-hydrogen) atoms. The van der Waals surface area contributed by atoms with Gasteiger partial charge in [-0.25, -0.2) is 9.78 Å². The standard InChI is InChI=1S/C24H30BN5O4/c1-14-9-17(10-18(22(31)32-5)20(14)25-33-13-24(3,4)34-25)28-23-27-12-15(2)21(30-23)29-19-8-6-7-16(19)11-26/h9-10,12,16,19H,6-8,13H2,1-5H3,(H2,27,28,29,30)/t16-,19+/m0/s1. The van der Waals surface area contributed by atoms with Crippen LogP contribution in [0.2, 0.25) is 0 Å². The topological polar surface area (TPSA) is 118 Å². The van der Waals surface area contributed by atoms with Crippen LogP contribution >= 0.6 is 0 Å². The van der Waals surface area contributed by atoms with Gasteiger partial charge in [0.1, 0.15) is 5.82 Å². The number of anilines is 3. The zero-order valence-corrected chi connectivity index (χ0v) is 20.3. The fraction of sp³-hybridized carbons (Fsp3) is 0.500. The normalized spacial score (nSPS) is 21.2. The fourth-order valence-electron chi connectivity index (χ4n) is 4.48. The van der Waals surface area contributed by atoms with Crippen molar-refractivity contribution >= 4 is 36.0 Å². The minimum atomic E-state index is -0.649. The number of esters is 1. The number of carbonyl (C=O) groups excluding carboxylic acids is 1. The molecule has 0 amide bonds. The summed E-state index contributed by atoms with van der Waals surface area (Å²) in [5.41, 5.74) is 2.93. The molecule has 1 aliphatic heterocycles. The van der Waals surface area contributed by atoms with Crippen LogP contribution < -0.4 is 16.1 Å². The molecule has 2 heterocycles. The van der Waals surface area contributed by atoms with Crippen LogP contribution in [0, 0.1) is 31.1 Å². The van der Waals surface area contributed by atoms with E-state index < -0.39 is 18.7 Å². The van der Waals surface area contributed by atoms with Crippen LogP contribution in [-0.2, 0) is 14.0 Å². The zero-order chi connectivity index (χ0) is 24.5. The molecule has 1 aromatic carbocycles. The fourth-order valence-corrected chi connectivity index (χ4v) is 4.48. The monoisotopic (exact) mass is 463 g/mol. The number of nitriles is 1. The van der Waals surface area contributed by atoms with Crippen LogP contribution in [0.4, 0.5) is 17.5 Å². The van der Waals surface area contributed by atoms with Gasteiger partial charge in [-0.2, -0.15) is 10.2 Å². The molecule has 0 unspecified atom stereocenters. The Morgan fingerprint density at radius 2 is 2.09 bits per heavy atom. The van der Waals surface area contributed by atoms with Crippen molar-refractivity contribution in [1.82, 2.24) is 9.97 Å². The first-order valence-electron chi connectivity index (χ1n) is 11.5. The number of hydrogen-bond donors (Lipinski definition) is 2. The molecule has 1 saturated carbocycles. The molecule has 178 valence electrons. The van der Waals surface area contributed by atoms with Gasteiger partial charge in [0.25, 0.3) is 0 Å². The maximum absolute atomic E-state index is 12.6. The van der Waals surface area contributed by atoms with Gasteiger partial charge in [0.15, 0.2) is 0 Å². The van der Waals surface area contributed by atoms with Crippen LogP contribution in [0.5, 0.6) is 0 Å². The van der Waals surface area contributed by atoms with Crippen molar-refractivity contribution in [2.24, 2.45) is 5.92 Å². The molecule has 0 radical (unpaired) electrons. The molecule has 1 aromatic heterocycles. The first-order chi connectivity index (χ1) is 16.2. The van der Waals surface area contributed by atoms with Crippen molar-refractivity contribution in [2.45, 2.75) is 58.6 Å². The Labute approximate surface area is 200 Å².